The van der Waals surface area contributed by atoms with Crippen molar-refractivity contribution in [3.8, 4) is 6.07 Å². The molecule has 0 radical (unpaired) electrons. The van der Waals surface area contributed by atoms with Gasteiger partial charge in [0, 0.05) is 15.5 Å². The van der Waals surface area contributed by atoms with E-state index in [0.717, 1.165) is 4.31 Å². The lowest BCUT2D eigenvalue weighted by Gasteiger charge is -2.18. The van der Waals surface area contributed by atoms with E-state index in [9.17, 15) is 8.42 Å². The average molecular weight is 382 g/mol. The van der Waals surface area contributed by atoms with Gasteiger partial charge in [-0.15, -0.1) is 0 Å². The second-order valence-corrected chi connectivity index (χ2v) is 6.84. The van der Waals surface area contributed by atoms with E-state index in [1.165, 1.54) is 6.07 Å². The summed E-state index contributed by atoms with van der Waals surface area (Å²) in [5.74, 6) is 0. The summed E-state index contributed by atoms with van der Waals surface area (Å²) >= 11 is 6.44. The van der Waals surface area contributed by atoms with Gasteiger partial charge in [-0.25, -0.2) is 8.42 Å². The fraction of sp³-hybridized carbons (Fsp3) is 0.300. The standard InChI is InChI=1S/C10H10Br2N2O2S/c1-2-14(6-5-13)17(15,16)10-7-8(11)3-4-9(10)12/h3-4,7H,2,6H2,1H3. The van der Waals surface area contributed by atoms with Crippen molar-refractivity contribution in [3.05, 3.63) is 27.1 Å². The van der Waals surface area contributed by atoms with Gasteiger partial charge in [0.05, 0.1) is 11.0 Å². The maximum Gasteiger partial charge on any atom is 0.245 e. The Hall–Kier alpha value is -0.420. The molecule has 0 aromatic heterocycles. The van der Waals surface area contributed by atoms with Crippen LogP contribution in [-0.2, 0) is 10.0 Å². The minimum atomic E-state index is -3.63. The van der Waals surface area contributed by atoms with Gasteiger partial charge >= 0.3 is 0 Å². The molecule has 0 aliphatic rings. The minimum Gasteiger partial charge on any atom is -0.207 e. The van der Waals surface area contributed by atoms with Gasteiger partial charge in [-0.1, -0.05) is 22.9 Å². The summed E-state index contributed by atoms with van der Waals surface area (Å²) in [6.45, 7) is 1.80. The number of benzene rings is 1. The molecule has 0 amide bonds. The van der Waals surface area contributed by atoms with Crippen LogP contribution in [0.15, 0.2) is 32.0 Å². The monoisotopic (exact) mass is 380 g/mol. The van der Waals surface area contributed by atoms with Gasteiger partial charge in [-0.2, -0.15) is 9.57 Å². The Morgan fingerprint density at radius 1 is 1.41 bits per heavy atom. The number of nitriles is 1. The van der Waals surface area contributed by atoms with Crippen LogP contribution in [0.1, 0.15) is 6.92 Å². The molecule has 1 rings (SSSR count). The van der Waals surface area contributed by atoms with Crippen molar-refractivity contribution in [2.45, 2.75) is 11.8 Å². The lowest BCUT2D eigenvalue weighted by molar-refractivity contribution is 0.462. The van der Waals surface area contributed by atoms with Crippen molar-refractivity contribution in [2.75, 3.05) is 13.1 Å². The van der Waals surface area contributed by atoms with Crippen LogP contribution >= 0.6 is 31.9 Å². The summed E-state index contributed by atoms with van der Waals surface area (Å²) in [6.07, 6.45) is 0. The average Bonchev–Trinajstić information content (AvgIpc) is 2.28. The number of hydrogen-bond donors (Lipinski definition) is 0. The molecule has 0 N–H and O–H groups in total. The SMILES string of the molecule is CCN(CC#N)S(=O)(=O)c1cc(Br)ccc1Br. The Morgan fingerprint density at radius 3 is 2.59 bits per heavy atom. The fourth-order valence-corrected chi connectivity index (χ4v) is 4.07. The van der Waals surface area contributed by atoms with Crippen LogP contribution in [-0.4, -0.2) is 25.8 Å². The number of hydrogen-bond acceptors (Lipinski definition) is 3. The van der Waals surface area contributed by atoms with Crippen LogP contribution in [0.3, 0.4) is 0 Å². The van der Waals surface area contributed by atoms with Gasteiger partial charge in [-0.3, -0.25) is 0 Å². The summed E-state index contributed by atoms with van der Waals surface area (Å²) < 4.78 is 26.8. The second-order valence-electron chi connectivity index (χ2n) is 3.16. The molecule has 92 valence electrons. The lowest BCUT2D eigenvalue weighted by atomic mass is 10.4. The Morgan fingerprint density at radius 2 is 2.06 bits per heavy atom. The maximum absolute atomic E-state index is 12.3. The van der Waals surface area contributed by atoms with E-state index in [1.54, 1.807) is 19.1 Å². The highest BCUT2D eigenvalue weighted by molar-refractivity contribution is 9.11. The molecule has 7 heteroatoms. The Labute approximate surface area is 118 Å². The third-order valence-corrected chi connectivity index (χ3v) is 5.52. The van der Waals surface area contributed by atoms with Crippen LogP contribution in [0.4, 0.5) is 0 Å². The molecular formula is C10H10Br2N2O2S. The van der Waals surface area contributed by atoms with Crippen molar-refractivity contribution in [2.24, 2.45) is 0 Å². The van der Waals surface area contributed by atoms with Crippen LogP contribution < -0.4 is 0 Å². The Bertz CT molecular complexity index is 552. The van der Waals surface area contributed by atoms with Crippen molar-refractivity contribution >= 4 is 41.9 Å². The molecular weight excluding hydrogens is 372 g/mol. The van der Waals surface area contributed by atoms with Gasteiger partial charge in [0.1, 0.15) is 6.54 Å². The summed E-state index contributed by atoms with van der Waals surface area (Å²) in [5.41, 5.74) is 0. The smallest absolute Gasteiger partial charge is 0.207 e. The first kappa shape index (κ1) is 14.6. The summed E-state index contributed by atoms with van der Waals surface area (Å²) in [6, 6.07) is 6.75. The van der Waals surface area contributed by atoms with E-state index >= 15 is 0 Å². The summed E-state index contributed by atoms with van der Waals surface area (Å²) in [5, 5.41) is 8.62. The van der Waals surface area contributed by atoms with Gasteiger partial charge in [0.25, 0.3) is 0 Å². The zero-order valence-electron chi connectivity index (χ0n) is 9.02. The number of sulfonamides is 1. The minimum absolute atomic E-state index is 0.155. The molecule has 0 aliphatic heterocycles. The normalized spacial score (nSPS) is 11.5. The predicted molar refractivity (Wildman–Crippen MR) is 71.9 cm³/mol. The van der Waals surface area contributed by atoms with Gasteiger partial charge < -0.3 is 0 Å². The molecule has 0 fully saturated rings. The van der Waals surface area contributed by atoms with E-state index in [0.29, 0.717) is 8.95 Å². The predicted octanol–water partition coefficient (Wildman–Crippen LogP) is 2.75. The van der Waals surface area contributed by atoms with Gasteiger partial charge in [-0.05, 0) is 34.1 Å². The van der Waals surface area contributed by atoms with E-state index in [4.69, 9.17) is 5.26 Å². The first-order valence-corrected chi connectivity index (χ1v) is 7.78. The highest BCUT2D eigenvalue weighted by atomic mass is 79.9. The number of halogens is 2. The Kier molecular flexibility index (Phi) is 5.13. The molecule has 1 aromatic rings. The molecule has 17 heavy (non-hydrogen) atoms. The van der Waals surface area contributed by atoms with Crippen LogP contribution in [0, 0.1) is 11.3 Å². The topological polar surface area (TPSA) is 61.2 Å². The molecule has 0 atom stereocenters. The van der Waals surface area contributed by atoms with Crippen LogP contribution in [0.2, 0.25) is 0 Å². The fourth-order valence-electron chi connectivity index (χ4n) is 1.26. The van der Waals surface area contributed by atoms with Crippen molar-refractivity contribution in [1.29, 1.82) is 5.26 Å². The number of rotatable bonds is 4. The van der Waals surface area contributed by atoms with Crippen LogP contribution in [0.25, 0.3) is 0 Å². The van der Waals surface area contributed by atoms with Gasteiger partial charge in [0.2, 0.25) is 10.0 Å². The summed E-state index contributed by atoms with van der Waals surface area (Å²) in [4.78, 5) is 0.156. The quantitative estimate of drug-likeness (QED) is 0.753. The zero-order valence-corrected chi connectivity index (χ0v) is 13.0. The molecule has 4 nitrogen and oxygen atoms in total. The molecule has 0 unspecified atom stereocenters. The first-order valence-electron chi connectivity index (χ1n) is 4.75. The highest BCUT2D eigenvalue weighted by Gasteiger charge is 2.25. The largest absolute Gasteiger partial charge is 0.245 e. The molecule has 0 spiro atoms. The van der Waals surface area contributed by atoms with Crippen molar-refractivity contribution in [3.63, 3.8) is 0 Å². The first-order chi connectivity index (χ1) is 7.93. The van der Waals surface area contributed by atoms with Crippen LogP contribution in [0.5, 0.6) is 0 Å². The van der Waals surface area contributed by atoms with E-state index in [1.807, 2.05) is 6.07 Å². The molecule has 0 saturated carbocycles. The lowest BCUT2D eigenvalue weighted by Crippen LogP contribution is -2.31. The van der Waals surface area contributed by atoms with Crippen molar-refractivity contribution < 1.29 is 8.42 Å². The van der Waals surface area contributed by atoms with E-state index in [-0.39, 0.29) is 18.0 Å². The molecule has 0 heterocycles. The highest BCUT2D eigenvalue weighted by Crippen LogP contribution is 2.27. The molecule has 1 aromatic carbocycles. The Balaban J connectivity index is 3.30. The maximum atomic E-state index is 12.3. The van der Waals surface area contributed by atoms with E-state index in [2.05, 4.69) is 31.9 Å². The third-order valence-electron chi connectivity index (χ3n) is 2.11. The molecule has 0 saturated heterocycles. The zero-order chi connectivity index (χ0) is 13.1. The number of nitrogens with zero attached hydrogens (tertiary/aromatic N) is 2. The molecule has 0 aliphatic carbocycles. The second kappa shape index (κ2) is 5.96. The molecule has 0 bridgehead atoms. The third kappa shape index (κ3) is 3.28. The summed E-state index contributed by atoms with van der Waals surface area (Å²) in [7, 11) is -3.63. The van der Waals surface area contributed by atoms with Gasteiger partial charge in [0.15, 0.2) is 0 Å². The van der Waals surface area contributed by atoms with Crippen molar-refractivity contribution in [1.82, 2.24) is 4.31 Å². The van der Waals surface area contributed by atoms with E-state index < -0.39 is 10.0 Å².